The van der Waals surface area contributed by atoms with E-state index in [-0.39, 0.29) is 10.9 Å². The molecule has 0 saturated carbocycles. The summed E-state index contributed by atoms with van der Waals surface area (Å²) in [6.07, 6.45) is 1.68. The quantitative estimate of drug-likeness (QED) is 0.914. The molecule has 2 rings (SSSR count). The van der Waals surface area contributed by atoms with Crippen molar-refractivity contribution >= 4 is 16.1 Å². The van der Waals surface area contributed by atoms with Crippen LogP contribution in [0.3, 0.4) is 0 Å². The summed E-state index contributed by atoms with van der Waals surface area (Å²) in [6, 6.07) is 5.72. The van der Waals surface area contributed by atoms with Gasteiger partial charge < -0.3 is 9.64 Å². The zero-order chi connectivity index (χ0) is 15.5. The second-order valence-corrected chi connectivity index (χ2v) is 6.85. The summed E-state index contributed by atoms with van der Waals surface area (Å²) in [4.78, 5) is 13.8. The zero-order valence-electron chi connectivity index (χ0n) is 12.2. The highest BCUT2D eigenvalue weighted by molar-refractivity contribution is 7.90. The Morgan fingerprint density at radius 1 is 1.38 bits per heavy atom. The molecular formula is C14H20N2O4S. The van der Waals surface area contributed by atoms with Crippen LogP contribution in [0.1, 0.15) is 18.4 Å². The van der Waals surface area contributed by atoms with Crippen molar-refractivity contribution in [3.05, 3.63) is 29.8 Å². The molecule has 2 amide bonds. The molecule has 1 N–H and O–H groups in total. The van der Waals surface area contributed by atoms with E-state index in [1.54, 1.807) is 19.2 Å². The van der Waals surface area contributed by atoms with Gasteiger partial charge in [-0.05, 0) is 31.9 Å². The van der Waals surface area contributed by atoms with Crippen LogP contribution >= 0.6 is 0 Å². The first-order valence-corrected chi connectivity index (χ1v) is 8.31. The van der Waals surface area contributed by atoms with Gasteiger partial charge >= 0.3 is 6.03 Å². The van der Waals surface area contributed by atoms with Crippen LogP contribution in [0.25, 0.3) is 0 Å². The molecule has 7 heteroatoms. The number of likely N-dealkylation sites (tertiary alicyclic amines) is 1. The van der Waals surface area contributed by atoms with Crippen molar-refractivity contribution in [1.29, 1.82) is 0 Å². The fraction of sp³-hybridized carbons (Fsp3) is 0.500. The molecular weight excluding hydrogens is 292 g/mol. The maximum atomic E-state index is 12.2. The van der Waals surface area contributed by atoms with E-state index in [4.69, 9.17) is 4.74 Å². The van der Waals surface area contributed by atoms with Crippen molar-refractivity contribution in [2.75, 3.05) is 20.3 Å². The van der Waals surface area contributed by atoms with Gasteiger partial charge in [0, 0.05) is 13.7 Å². The van der Waals surface area contributed by atoms with Crippen LogP contribution in [0.4, 0.5) is 4.79 Å². The summed E-state index contributed by atoms with van der Waals surface area (Å²) >= 11 is 0. The van der Waals surface area contributed by atoms with Crippen LogP contribution in [-0.4, -0.2) is 45.7 Å². The zero-order valence-corrected chi connectivity index (χ0v) is 13.0. The Kier molecular flexibility index (Phi) is 4.84. The molecule has 116 valence electrons. The van der Waals surface area contributed by atoms with Crippen molar-refractivity contribution in [2.24, 2.45) is 0 Å². The first-order valence-electron chi connectivity index (χ1n) is 6.83. The molecule has 0 bridgehead atoms. The highest BCUT2D eigenvalue weighted by Crippen LogP contribution is 2.18. The monoisotopic (exact) mass is 312 g/mol. The van der Waals surface area contributed by atoms with Crippen molar-refractivity contribution in [1.82, 2.24) is 9.62 Å². The average molecular weight is 312 g/mol. The van der Waals surface area contributed by atoms with Crippen LogP contribution in [-0.2, 0) is 14.8 Å². The van der Waals surface area contributed by atoms with Crippen molar-refractivity contribution in [3.63, 3.8) is 0 Å². The number of hydrogen-bond donors (Lipinski definition) is 1. The maximum Gasteiger partial charge on any atom is 0.331 e. The number of methoxy groups -OCH3 is 1. The highest BCUT2D eigenvalue weighted by atomic mass is 32.2. The van der Waals surface area contributed by atoms with Crippen LogP contribution in [0.2, 0.25) is 0 Å². The lowest BCUT2D eigenvalue weighted by Gasteiger charge is -2.24. The van der Waals surface area contributed by atoms with Gasteiger partial charge in [0.1, 0.15) is 0 Å². The number of rotatable bonds is 4. The Morgan fingerprint density at radius 3 is 2.67 bits per heavy atom. The van der Waals surface area contributed by atoms with Gasteiger partial charge in [-0.2, -0.15) is 0 Å². The first-order chi connectivity index (χ1) is 9.94. The number of amides is 2. The number of carbonyl (C=O) groups is 1. The van der Waals surface area contributed by atoms with E-state index in [9.17, 15) is 13.2 Å². The van der Waals surface area contributed by atoms with E-state index in [2.05, 4.69) is 4.72 Å². The van der Waals surface area contributed by atoms with Crippen LogP contribution < -0.4 is 4.72 Å². The Hall–Kier alpha value is -1.60. The number of carbonyl (C=O) groups excluding carboxylic acids is 1. The number of hydrogen-bond acceptors (Lipinski definition) is 4. The fourth-order valence-corrected chi connectivity index (χ4v) is 3.38. The van der Waals surface area contributed by atoms with Crippen LogP contribution in [0, 0.1) is 6.92 Å². The van der Waals surface area contributed by atoms with E-state index >= 15 is 0 Å². The number of ether oxygens (including phenoxy) is 1. The van der Waals surface area contributed by atoms with E-state index < -0.39 is 16.1 Å². The molecule has 1 aliphatic heterocycles. The summed E-state index contributed by atoms with van der Waals surface area (Å²) in [7, 11) is -2.27. The molecule has 1 aliphatic rings. The van der Waals surface area contributed by atoms with Gasteiger partial charge in [-0.25, -0.2) is 17.9 Å². The highest BCUT2D eigenvalue weighted by Gasteiger charge is 2.31. The number of nitrogens with one attached hydrogen (secondary N) is 1. The maximum absolute atomic E-state index is 12.2. The number of aryl methyl sites for hydroxylation is 1. The predicted octanol–water partition coefficient (Wildman–Crippen LogP) is 1.50. The lowest BCUT2D eigenvalue weighted by atomic mass is 10.2. The molecule has 1 atom stereocenters. The second kappa shape index (κ2) is 6.44. The SMILES string of the molecule is COCC1CCCN1C(=O)NS(=O)(=O)c1ccc(C)cc1. The molecule has 0 radical (unpaired) electrons. The molecule has 1 heterocycles. The third kappa shape index (κ3) is 3.74. The minimum Gasteiger partial charge on any atom is -0.383 e. The largest absolute Gasteiger partial charge is 0.383 e. The summed E-state index contributed by atoms with van der Waals surface area (Å²) in [5, 5.41) is 0. The summed E-state index contributed by atoms with van der Waals surface area (Å²) in [5.41, 5.74) is 0.958. The Morgan fingerprint density at radius 2 is 2.05 bits per heavy atom. The molecule has 1 aromatic rings. The first kappa shape index (κ1) is 15.8. The molecule has 0 aliphatic carbocycles. The molecule has 0 aromatic heterocycles. The van der Waals surface area contributed by atoms with Gasteiger partial charge in [-0.3, -0.25) is 0 Å². The second-order valence-electron chi connectivity index (χ2n) is 5.17. The molecule has 0 spiro atoms. The third-order valence-electron chi connectivity index (χ3n) is 3.55. The summed E-state index contributed by atoms with van der Waals surface area (Å²) < 4.78 is 31.6. The number of urea groups is 1. The number of nitrogens with zero attached hydrogens (tertiary/aromatic N) is 1. The van der Waals surface area contributed by atoms with Gasteiger partial charge in [-0.1, -0.05) is 17.7 Å². The minimum absolute atomic E-state index is 0.0665. The van der Waals surface area contributed by atoms with Crippen molar-refractivity contribution < 1.29 is 17.9 Å². The van der Waals surface area contributed by atoms with E-state index in [1.807, 2.05) is 6.92 Å². The van der Waals surface area contributed by atoms with Crippen LogP contribution in [0.5, 0.6) is 0 Å². The van der Waals surface area contributed by atoms with Crippen LogP contribution in [0.15, 0.2) is 29.2 Å². The molecule has 1 unspecified atom stereocenters. The molecule has 1 fully saturated rings. The van der Waals surface area contributed by atoms with Gasteiger partial charge in [0.25, 0.3) is 10.0 Å². The average Bonchev–Trinajstić information content (AvgIpc) is 2.87. The molecule has 21 heavy (non-hydrogen) atoms. The standard InChI is InChI=1S/C14H20N2O4S/c1-11-5-7-13(8-6-11)21(18,19)15-14(17)16-9-3-4-12(16)10-20-2/h5-8,12H,3-4,9-10H2,1-2H3,(H,15,17). The third-order valence-corrected chi connectivity index (χ3v) is 4.89. The topological polar surface area (TPSA) is 75.7 Å². The summed E-state index contributed by atoms with van der Waals surface area (Å²) in [6.45, 7) is 2.83. The lowest BCUT2D eigenvalue weighted by molar-refractivity contribution is 0.125. The smallest absolute Gasteiger partial charge is 0.331 e. The minimum atomic E-state index is -3.83. The lowest BCUT2D eigenvalue weighted by Crippen LogP contribution is -2.46. The predicted molar refractivity (Wildman–Crippen MR) is 78.5 cm³/mol. The van der Waals surface area contributed by atoms with Gasteiger partial charge in [0.05, 0.1) is 17.5 Å². The van der Waals surface area contributed by atoms with Crippen molar-refractivity contribution in [3.8, 4) is 0 Å². The summed E-state index contributed by atoms with van der Waals surface area (Å²) in [5.74, 6) is 0. The molecule has 1 aromatic carbocycles. The van der Waals surface area contributed by atoms with Gasteiger partial charge in [0.2, 0.25) is 0 Å². The molecule has 6 nitrogen and oxygen atoms in total. The Bertz CT molecular complexity index is 598. The van der Waals surface area contributed by atoms with Gasteiger partial charge in [0.15, 0.2) is 0 Å². The van der Waals surface area contributed by atoms with E-state index in [0.717, 1.165) is 18.4 Å². The molecule has 1 saturated heterocycles. The number of sulfonamides is 1. The fourth-order valence-electron chi connectivity index (χ4n) is 2.42. The van der Waals surface area contributed by atoms with Crippen molar-refractivity contribution in [2.45, 2.75) is 30.7 Å². The van der Waals surface area contributed by atoms with E-state index in [0.29, 0.717) is 13.2 Å². The normalized spacial score (nSPS) is 18.8. The van der Waals surface area contributed by atoms with E-state index in [1.165, 1.54) is 17.0 Å². The Balaban J connectivity index is 2.09. The number of benzene rings is 1. The Labute approximate surface area is 125 Å². The van der Waals surface area contributed by atoms with Gasteiger partial charge in [-0.15, -0.1) is 0 Å².